The van der Waals surface area contributed by atoms with Gasteiger partial charge in [-0.3, -0.25) is 9.78 Å². The number of carbonyl (C=O) groups is 1. The molecule has 1 unspecified atom stereocenters. The molecule has 1 N–H and O–H groups in total. The molecule has 6 heteroatoms. The van der Waals surface area contributed by atoms with E-state index in [4.69, 9.17) is 16.3 Å². The summed E-state index contributed by atoms with van der Waals surface area (Å²) in [6.07, 6.45) is 1.31. The Morgan fingerprint density at radius 1 is 1.11 bits per heavy atom. The van der Waals surface area contributed by atoms with Gasteiger partial charge in [0.15, 0.2) is 0 Å². The molecule has 2 aromatic carbocycles. The van der Waals surface area contributed by atoms with E-state index >= 15 is 0 Å². The molecule has 1 aliphatic rings. The zero-order valence-corrected chi connectivity index (χ0v) is 15.5. The number of ether oxygens (including phenoxy) is 1. The fourth-order valence-electron chi connectivity index (χ4n) is 3.20. The zero-order valence-electron chi connectivity index (χ0n) is 14.7. The molecule has 0 radical (unpaired) electrons. The van der Waals surface area contributed by atoms with E-state index in [-0.39, 0.29) is 5.91 Å². The number of hydrogen-bond acceptors (Lipinski definition) is 4. The molecule has 0 fully saturated rings. The highest BCUT2D eigenvalue weighted by Gasteiger charge is 2.38. The minimum atomic E-state index is -0.393. The first-order valence-corrected chi connectivity index (χ1v) is 8.95. The first-order chi connectivity index (χ1) is 13.2. The highest BCUT2D eigenvalue weighted by atomic mass is 35.5. The van der Waals surface area contributed by atoms with E-state index in [0.29, 0.717) is 22.8 Å². The van der Waals surface area contributed by atoms with Crippen molar-refractivity contribution in [3.05, 3.63) is 88.7 Å². The number of nitrogens with zero attached hydrogens (tertiary/aromatic N) is 2. The number of benzene rings is 2. The lowest BCUT2D eigenvalue weighted by Crippen LogP contribution is -2.32. The summed E-state index contributed by atoms with van der Waals surface area (Å²) in [6, 6.07) is 18.7. The van der Waals surface area contributed by atoms with Gasteiger partial charge < -0.3 is 15.0 Å². The van der Waals surface area contributed by atoms with Crippen molar-refractivity contribution in [3.8, 4) is 5.75 Å². The maximum Gasteiger partial charge on any atom is 0.258 e. The van der Waals surface area contributed by atoms with Gasteiger partial charge in [0.05, 0.1) is 29.1 Å². The third-order valence-corrected chi connectivity index (χ3v) is 4.91. The number of amides is 1. The van der Waals surface area contributed by atoms with Gasteiger partial charge in [0.2, 0.25) is 0 Å². The van der Waals surface area contributed by atoms with E-state index in [1.807, 2.05) is 48.5 Å². The standard InChI is InChI=1S/C21H18ClN3O2/c1-27-15-10-8-14(9-11-15)13-25-20(24-18-7-3-2-6-17(18)22)19-16(21(25)26)5-4-12-23-19/h2-12,20,24H,13H2,1H3. The maximum atomic E-state index is 13.0. The minimum absolute atomic E-state index is 0.0570. The topological polar surface area (TPSA) is 54.5 Å². The van der Waals surface area contributed by atoms with Gasteiger partial charge in [-0.1, -0.05) is 35.9 Å². The Hall–Kier alpha value is -3.05. The fraction of sp³-hybridized carbons (Fsp3) is 0.143. The van der Waals surface area contributed by atoms with Crippen LogP contribution >= 0.6 is 11.6 Å². The second kappa shape index (κ2) is 7.29. The molecular formula is C21H18ClN3O2. The van der Waals surface area contributed by atoms with Crippen molar-refractivity contribution in [2.45, 2.75) is 12.7 Å². The molecule has 0 aliphatic carbocycles. The summed E-state index contributed by atoms with van der Waals surface area (Å²) >= 11 is 6.31. The number of rotatable bonds is 5. The quantitative estimate of drug-likeness (QED) is 0.708. The van der Waals surface area contributed by atoms with Crippen molar-refractivity contribution in [1.29, 1.82) is 0 Å². The number of carbonyl (C=O) groups excluding carboxylic acids is 1. The van der Waals surface area contributed by atoms with E-state index in [9.17, 15) is 4.79 Å². The Bertz CT molecular complexity index is 975. The van der Waals surface area contributed by atoms with Crippen molar-refractivity contribution in [2.75, 3.05) is 12.4 Å². The normalized spacial score (nSPS) is 15.6. The van der Waals surface area contributed by atoms with Crippen LogP contribution in [0.1, 0.15) is 27.8 Å². The molecule has 3 aromatic rings. The number of aromatic nitrogens is 1. The van der Waals surface area contributed by atoms with Crippen LogP contribution in [0, 0.1) is 0 Å². The lowest BCUT2D eigenvalue weighted by Gasteiger charge is -2.27. The van der Waals surface area contributed by atoms with Crippen LogP contribution in [0.3, 0.4) is 0 Å². The van der Waals surface area contributed by atoms with Crippen molar-refractivity contribution < 1.29 is 9.53 Å². The second-order valence-corrected chi connectivity index (χ2v) is 6.65. The molecule has 1 atom stereocenters. The first kappa shape index (κ1) is 17.4. The Morgan fingerprint density at radius 3 is 2.63 bits per heavy atom. The molecule has 5 nitrogen and oxygen atoms in total. The maximum absolute atomic E-state index is 13.0. The summed E-state index contributed by atoms with van der Waals surface area (Å²) in [5, 5.41) is 3.97. The third kappa shape index (κ3) is 3.34. The van der Waals surface area contributed by atoms with Crippen LogP contribution in [0.4, 0.5) is 5.69 Å². The van der Waals surface area contributed by atoms with Gasteiger partial charge in [0.25, 0.3) is 5.91 Å². The lowest BCUT2D eigenvalue weighted by molar-refractivity contribution is 0.0728. The summed E-state index contributed by atoms with van der Waals surface area (Å²) in [5.41, 5.74) is 3.07. The van der Waals surface area contributed by atoms with E-state index in [1.54, 1.807) is 30.3 Å². The van der Waals surface area contributed by atoms with Gasteiger partial charge in [-0.05, 0) is 42.0 Å². The number of nitrogens with one attached hydrogen (secondary N) is 1. The molecule has 1 aromatic heterocycles. The lowest BCUT2D eigenvalue weighted by atomic mass is 10.2. The van der Waals surface area contributed by atoms with E-state index < -0.39 is 6.17 Å². The van der Waals surface area contributed by atoms with Crippen LogP contribution in [0.25, 0.3) is 0 Å². The predicted molar refractivity (Wildman–Crippen MR) is 105 cm³/mol. The van der Waals surface area contributed by atoms with Gasteiger partial charge in [0, 0.05) is 12.7 Å². The highest BCUT2D eigenvalue weighted by molar-refractivity contribution is 6.33. The van der Waals surface area contributed by atoms with E-state index in [2.05, 4.69) is 10.3 Å². The molecule has 4 rings (SSSR count). The molecule has 0 spiro atoms. The average Bonchev–Trinajstić information content (AvgIpc) is 2.96. The number of anilines is 1. The van der Waals surface area contributed by atoms with Gasteiger partial charge >= 0.3 is 0 Å². The van der Waals surface area contributed by atoms with Gasteiger partial charge in [-0.2, -0.15) is 0 Å². The van der Waals surface area contributed by atoms with Crippen molar-refractivity contribution in [1.82, 2.24) is 9.88 Å². The van der Waals surface area contributed by atoms with Crippen LogP contribution in [0.5, 0.6) is 5.75 Å². The van der Waals surface area contributed by atoms with Crippen LogP contribution in [-0.2, 0) is 6.54 Å². The number of halogens is 1. The zero-order chi connectivity index (χ0) is 18.8. The van der Waals surface area contributed by atoms with Gasteiger partial charge in [-0.25, -0.2) is 0 Å². The van der Waals surface area contributed by atoms with Crippen LogP contribution in [-0.4, -0.2) is 22.9 Å². The van der Waals surface area contributed by atoms with Crippen LogP contribution < -0.4 is 10.1 Å². The molecule has 0 saturated carbocycles. The average molecular weight is 380 g/mol. The van der Waals surface area contributed by atoms with Crippen LogP contribution in [0.2, 0.25) is 5.02 Å². The summed E-state index contributed by atoms with van der Waals surface area (Å²) in [7, 11) is 1.63. The number of para-hydroxylation sites is 1. The molecule has 136 valence electrons. The minimum Gasteiger partial charge on any atom is -0.497 e. The highest BCUT2D eigenvalue weighted by Crippen LogP contribution is 2.35. The number of hydrogen-bond donors (Lipinski definition) is 1. The summed E-state index contributed by atoms with van der Waals surface area (Å²) < 4.78 is 5.21. The SMILES string of the molecule is COc1ccc(CN2C(=O)c3cccnc3C2Nc2ccccc2Cl)cc1. The fourth-order valence-corrected chi connectivity index (χ4v) is 3.39. The Morgan fingerprint density at radius 2 is 1.89 bits per heavy atom. The van der Waals surface area contributed by atoms with E-state index in [1.165, 1.54) is 0 Å². The Balaban J connectivity index is 1.67. The molecule has 0 saturated heterocycles. The van der Waals surface area contributed by atoms with Crippen molar-refractivity contribution in [3.63, 3.8) is 0 Å². The Labute approximate surface area is 162 Å². The van der Waals surface area contributed by atoms with Crippen molar-refractivity contribution >= 4 is 23.2 Å². The molecule has 1 aliphatic heterocycles. The van der Waals surface area contributed by atoms with Crippen molar-refractivity contribution in [2.24, 2.45) is 0 Å². The smallest absolute Gasteiger partial charge is 0.258 e. The Kier molecular flexibility index (Phi) is 4.69. The summed E-state index contributed by atoms with van der Waals surface area (Å²) in [4.78, 5) is 19.2. The molecule has 0 bridgehead atoms. The summed E-state index contributed by atoms with van der Waals surface area (Å²) in [5.74, 6) is 0.723. The third-order valence-electron chi connectivity index (χ3n) is 4.58. The molecule has 2 heterocycles. The van der Waals surface area contributed by atoms with E-state index in [0.717, 1.165) is 17.0 Å². The number of pyridine rings is 1. The number of methoxy groups -OCH3 is 1. The number of fused-ring (bicyclic) bond motifs is 1. The molecule has 1 amide bonds. The van der Waals surface area contributed by atoms with Gasteiger partial charge in [0.1, 0.15) is 11.9 Å². The second-order valence-electron chi connectivity index (χ2n) is 6.24. The predicted octanol–water partition coefficient (Wildman–Crippen LogP) is 4.51. The summed E-state index contributed by atoms with van der Waals surface area (Å²) in [6.45, 7) is 0.446. The molecule has 27 heavy (non-hydrogen) atoms. The monoisotopic (exact) mass is 379 g/mol. The largest absolute Gasteiger partial charge is 0.497 e. The molecular weight excluding hydrogens is 362 g/mol. The van der Waals surface area contributed by atoms with Gasteiger partial charge in [-0.15, -0.1) is 0 Å². The van der Waals surface area contributed by atoms with Crippen LogP contribution in [0.15, 0.2) is 66.9 Å². The first-order valence-electron chi connectivity index (χ1n) is 8.57.